The topological polar surface area (TPSA) is 183 Å². The van der Waals surface area contributed by atoms with Gasteiger partial charge in [0.05, 0.1) is 16.5 Å². The fraction of sp³-hybridized carbons (Fsp3) is 0. The van der Waals surface area contributed by atoms with Crippen molar-refractivity contribution >= 4 is 41.9 Å². The normalized spacial score (nSPS) is 10.8. The standard InChI is InChI=1S/C14H9Cl2N2O5P.2H3N/c15-7-1-3-11-9(5-7)14(19)18-13(17-11)10-6-8(16)2-4-12(10)23-24(20,21)22;;/h1-6H,(H,17,18,19)(H2,20,21,22);2*1H3. The number of rotatable bonds is 3. The number of aromatic amines is 1. The number of hydrogen-bond acceptors (Lipinski definition) is 6. The number of nitrogens with zero attached hydrogens (tertiary/aromatic N) is 1. The Morgan fingerprint density at radius 1 is 1.04 bits per heavy atom. The zero-order valence-corrected chi connectivity index (χ0v) is 15.6. The summed E-state index contributed by atoms with van der Waals surface area (Å²) in [5.74, 6) is -0.107. The molecule has 2 aromatic carbocycles. The van der Waals surface area contributed by atoms with Crippen LogP contribution in [0, 0.1) is 0 Å². The van der Waals surface area contributed by atoms with E-state index in [0.29, 0.717) is 10.5 Å². The Morgan fingerprint density at radius 3 is 2.31 bits per heavy atom. The molecule has 0 aliphatic rings. The predicted molar refractivity (Wildman–Crippen MR) is 101 cm³/mol. The molecule has 0 atom stereocenters. The second-order valence-corrected chi connectivity index (χ2v) is 6.83. The molecule has 12 heteroatoms. The largest absolute Gasteiger partial charge is 0.524 e. The average Bonchev–Trinajstić information content (AvgIpc) is 2.48. The van der Waals surface area contributed by atoms with Crippen LogP contribution in [-0.2, 0) is 4.57 Å². The van der Waals surface area contributed by atoms with Crippen molar-refractivity contribution in [3.05, 3.63) is 56.8 Å². The highest BCUT2D eigenvalue weighted by molar-refractivity contribution is 7.46. The van der Waals surface area contributed by atoms with Gasteiger partial charge in [-0.25, -0.2) is 9.55 Å². The number of benzene rings is 2. The first kappa shape index (κ1) is 22.1. The van der Waals surface area contributed by atoms with Gasteiger partial charge in [-0.1, -0.05) is 23.2 Å². The van der Waals surface area contributed by atoms with Crippen molar-refractivity contribution in [2.45, 2.75) is 0 Å². The lowest BCUT2D eigenvalue weighted by molar-refractivity contribution is 0.283. The van der Waals surface area contributed by atoms with Gasteiger partial charge in [-0.3, -0.25) is 14.6 Å². The Balaban J connectivity index is 0.00000169. The van der Waals surface area contributed by atoms with E-state index in [1.807, 2.05) is 0 Å². The van der Waals surface area contributed by atoms with Gasteiger partial charge in [0.2, 0.25) is 0 Å². The third-order valence-electron chi connectivity index (χ3n) is 3.08. The van der Waals surface area contributed by atoms with Crippen molar-refractivity contribution in [1.29, 1.82) is 0 Å². The maximum atomic E-state index is 12.2. The Kier molecular flexibility index (Phi) is 6.92. The maximum absolute atomic E-state index is 12.2. The third kappa shape index (κ3) is 4.80. The van der Waals surface area contributed by atoms with Gasteiger partial charge in [0.25, 0.3) is 5.56 Å². The molecule has 0 aliphatic heterocycles. The van der Waals surface area contributed by atoms with Gasteiger partial charge in [-0.2, -0.15) is 0 Å². The van der Waals surface area contributed by atoms with Gasteiger partial charge in [-0.05, 0) is 36.4 Å². The molecule has 0 amide bonds. The zero-order chi connectivity index (χ0) is 17.5. The molecule has 9 N–H and O–H groups in total. The Labute approximate surface area is 157 Å². The summed E-state index contributed by atoms with van der Waals surface area (Å²) in [5, 5.41) is 0.948. The van der Waals surface area contributed by atoms with Crippen molar-refractivity contribution < 1.29 is 18.9 Å². The van der Waals surface area contributed by atoms with E-state index in [1.54, 1.807) is 12.1 Å². The molecule has 9 nitrogen and oxygen atoms in total. The van der Waals surface area contributed by atoms with E-state index < -0.39 is 13.4 Å². The van der Waals surface area contributed by atoms with Gasteiger partial charge in [0, 0.05) is 10.0 Å². The van der Waals surface area contributed by atoms with E-state index in [4.69, 9.17) is 33.0 Å². The van der Waals surface area contributed by atoms with Gasteiger partial charge in [0.15, 0.2) is 0 Å². The summed E-state index contributed by atoms with van der Waals surface area (Å²) in [7, 11) is -4.80. The lowest BCUT2D eigenvalue weighted by Crippen LogP contribution is -2.10. The van der Waals surface area contributed by atoms with E-state index in [2.05, 4.69) is 14.5 Å². The molecule has 1 heterocycles. The monoisotopic (exact) mass is 420 g/mol. The number of nitrogens with one attached hydrogen (secondary N) is 1. The molecule has 26 heavy (non-hydrogen) atoms. The Morgan fingerprint density at radius 2 is 1.65 bits per heavy atom. The summed E-state index contributed by atoms with van der Waals surface area (Å²) >= 11 is 11.8. The fourth-order valence-corrected chi connectivity index (χ4v) is 2.89. The van der Waals surface area contributed by atoms with Crippen molar-refractivity contribution in [1.82, 2.24) is 22.3 Å². The molecule has 1 aromatic heterocycles. The van der Waals surface area contributed by atoms with Crippen LogP contribution in [0.2, 0.25) is 10.0 Å². The lowest BCUT2D eigenvalue weighted by atomic mass is 10.1. The first-order chi connectivity index (χ1) is 11.2. The van der Waals surface area contributed by atoms with Crippen molar-refractivity contribution in [3.8, 4) is 17.1 Å². The SMILES string of the molecule is N.N.O=c1[nH]c(-c2cc(Cl)ccc2OP(=O)(O)O)nc2ccc(Cl)cc12. The first-order valence-electron chi connectivity index (χ1n) is 6.47. The van der Waals surface area contributed by atoms with E-state index in [1.165, 1.54) is 24.3 Å². The van der Waals surface area contributed by atoms with Gasteiger partial charge < -0.3 is 21.8 Å². The number of fused-ring (bicyclic) bond motifs is 1. The molecule has 0 saturated heterocycles. The number of aromatic nitrogens is 2. The highest BCUT2D eigenvalue weighted by Crippen LogP contribution is 2.42. The molecule has 0 spiro atoms. The third-order valence-corrected chi connectivity index (χ3v) is 3.99. The number of halogens is 2. The number of phosphoric acid groups is 1. The van der Waals surface area contributed by atoms with Crippen LogP contribution in [0.5, 0.6) is 5.75 Å². The first-order valence-corrected chi connectivity index (χ1v) is 8.76. The second kappa shape index (κ2) is 8.15. The van der Waals surface area contributed by atoms with Crippen molar-refractivity contribution in [2.75, 3.05) is 0 Å². The summed E-state index contributed by atoms with van der Waals surface area (Å²) in [4.78, 5) is 37.1. The molecule has 0 fully saturated rings. The van der Waals surface area contributed by atoms with Crippen LogP contribution in [0.25, 0.3) is 22.3 Å². The minimum atomic E-state index is -4.80. The Bertz CT molecular complexity index is 1050. The van der Waals surface area contributed by atoms with Crippen LogP contribution in [0.1, 0.15) is 0 Å². The maximum Gasteiger partial charge on any atom is 0.524 e. The summed E-state index contributed by atoms with van der Waals surface area (Å²) in [5.41, 5.74) is 0.0413. The molecule has 140 valence electrons. The smallest absolute Gasteiger partial charge is 0.403 e. The van der Waals surface area contributed by atoms with Crippen LogP contribution < -0.4 is 22.4 Å². The van der Waals surface area contributed by atoms with Crippen LogP contribution >= 0.6 is 31.0 Å². The fourth-order valence-electron chi connectivity index (χ4n) is 2.13. The number of H-pyrrole nitrogens is 1. The van der Waals surface area contributed by atoms with Crippen LogP contribution in [-0.4, -0.2) is 19.8 Å². The van der Waals surface area contributed by atoms with Crippen molar-refractivity contribution in [2.24, 2.45) is 0 Å². The summed E-state index contributed by atoms with van der Waals surface area (Å²) in [6, 6.07) is 8.66. The zero-order valence-electron chi connectivity index (χ0n) is 13.1. The number of hydrogen-bond donors (Lipinski definition) is 5. The predicted octanol–water partition coefficient (Wildman–Crippen LogP) is 3.69. The van der Waals surface area contributed by atoms with Crippen LogP contribution in [0.3, 0.4) is 0 Å². The average molecular weight is 421 g/mol. The minimum absolute atomic E-state index is 0. The highest BCUT2D eigenvalue weighted by Gasteiger charge is 2.20. The molecular formula is C14H15Cl2N4O5P. The molecular weight excluding hydrogens is 406 g/mol. The van der Waals surface area contributed by atoms with E-state index in [-0.39, 0.29) is 39.8 Å². The van der Waals surface area contributed by atoms with Crippen molar-refractivity contribution in [3.63, 3.8) is 0 Å². The van der Waals surface area contributed by atoms with E-state index in [0.717, 1.165) is 0 Å². The van der Waals surface area contributed by atoms with Gasteiger partial charge >= 0.3 is 7.82 Å². The number of phosphoric ester groups is 1. The molecule has 0 unspecified atom stereocenters. The van der Waals surface area contributed by atoms with E-state index in [9.17, 15) is 9.36 Å². The van der Waals surface area contributed by atoms with Gasteiger partial charge in [-0.15, -0.1) is 0 Å². The molecule has 3 aromatic rings. The van der Waals surface area contributed by atoms with Gasteiger partial charge in [0.1, 0.15) is 11.6 Å². The summed E-state index contributed by atoms with van der Waals surface area (Å²) in [6.45, 7) is 0. The molecule has 0 bridgehead atoms. The minimum Gasteiger partial charge on any atom is -0.403 e. The van der Waals surface area contributed by atoms with Crippen LogP contribution in [0.4, 0.5) is 0 Å². The van der Waals surface area contributed by atoms with E-state index >= 15 is 0 Å². The molecule has 0 radical (unpaired) electrons. The highest BCUT2D eigenvalue weighted by atomic mass is 35.5. The van der Waals surface area contributed by atoms with Crippen LogP contribution in [0.15, 0.2) is 41.2 Å². The lowest BCUT2D eigenvalue weighted by Gasteiger charge is -2.12. The molecule has 0 saturated carbocycles. The molecule has 3 rings (SSSR count). The quantitative estimate of drug-likeness (QED) is 0.397. The summed E-state index contributed by atoms with van der Waals surface area (Å²) in [6.07, 6.45) is 0. The Hall–Kier alpha value is -1.97. The second-order valence-electron chi connectivity index (χ2n) is 4.80. The summed E-state index contributed by atoms with van der Waals surface area (Å²) < 4.78 is 15.8. The molecule has 0 aliphatic carbocycles.